The summed E-state index contributed by atoms with van der Waals surface area (Å²) >= 11 is 6.08. The second-order valence-corrected chi connectivity index (χ2v) is 7.51. The van der Waals surface area contributed by atoms with Crippen LogP contribution in [0, 0.1) is 6.92 Å². The predicted molar refractivity (Wildman–Crippen MR) is 114 cm³/mol. The summed E-state index contributed by atoms with van der Waals surface area (Å²) in [7, 11) is 0. The van der Waals surface area contributed by atoms with E-state index in [1.165, 1.54) is 12.8 Å². The fourth-order valence-electron chi connectivity index (χ4n) is 3.31. The Balaban J connectivity index is 1.53. The number of rotatable bonds is 5. The van der Waals surface area contributed by atoms with E-state index in [9.17, 15) is 9.59 Å². The van der Waals surface area contributed by atoms with Gasteiger partial charge in [-0.3, -0.25) is 9.59 Å². The van der Waals surface area contributed by atoms with Crippen molar-refractivity contribution in [1.29, 1.82) is 0 Å². The van der Waals surface area contributed by atoms with Gasteiger partial charge in [0.05, 0.1) is 6.54 Å². The minimum atomic E-state index is -0.157. The number of benzene rings is 2. The topological polar surface area (TPSA) is 61.4 Å². The molecule has 1 aliphatic heterocycles. The Morgan fingerprint density at radius 1 is 1.00 bits per heavy atom. The summed E-state index contributed by atoms with van der Waals surface area (Å²) in [4.78, 5) is 26.7. The summed E-state index contributed by atoms with van der Waals surface area (Å²) in [6, 6.07) is 12.7. The number of nitrogens with zero attached hydrogens (tertiary/aromatic N) is 1. The lowest BCUT2D eigenvalue weighted by Gasteiger charge is -2.20. The molecule has 1 saturated heterocycles. The highest BCUT2D eigenvalue weighted by Gasteiger charge is 2.17. The van der Waals surface area contributed by atoms with E-state index in [2.05, 4.69) is 10.6 Å². The molecule has 0 saturated carbocycles. The van der Waals surface area contributed by atoms with Crippen molar-refractivity contribution >= 4 is 34.8 Å². The van der Waals surface area contributed by atoms with Gasteiger partial charge < -0.3 is 15.5 Å². The third-order valence-corrected chi connectivity index (χ3v) is 5.43. The van der Waals surface area contributed by atoms with Crippen LogP contribution in [0.25, 0.3) is 0 Å². The number of carbonyl (C=O) groups is 2. The Kier molecular flexibility index (Phi) is 6.93. The molecule has 2 aromatic carbocycles. The predicted octanol–water partition coefficient (Wildman–Crippen LogP) is 4.72. The lowest BCUT2D eigenvalue weighted by molar-refractivity contribution is -0.114. The summed E-state index contributed by atoms with van der Waals surface area (Å²) in [6.45, 7) is 3.67. The fraction of sp³-hybridized carbons (Fsp3) is 0.364. The molecule has 0 aromatic heterocycles. The van der Waals surface area contributed by atoms with E-state index in [0.29, 0.717) is 16.3 Å². The zero-order chi connectivity index (χ0) is 19.9. The normalized spacial score (nSPS) is 14.3. The Hall–Kier alpha value is -2.53. The van der Waals surface area contributed by atoms with Gasteiger partial charge in [-0.2, -0.15) is 0 Å². The van der Waals surface area contributed by atoms with Gasteiger partial charge in [0, 0.05) is 35.1 Å². The first kappa shape index (κ1) is 20.2. The van der Waals surface area contributed by atoms with Crippen LogP contribution in [0.3, 0.4) is 0 Å². The average Bonchev–Trinajstić information content (AvgIpc) is 2.99. The summed E-state index contributed by atoms with van der Waals surface area (Å²) in [5, 5.41) is 6.56. The van der Waals surface area contributed by atoms with Crippen LogP contribution in [-0.2, 0) is 4.79 Å². The first-order chi connectivity index (χ1) is 13.5. The number of nitrogens with one attached hydrogen (secondary N) is 2. The number of hydrogen-bond acceptors (Lipinski definition) is 3. The molecule has 3 rings (SSSR count). The smallest absolute Gasteiger partial charge is 0.253 e. The maximum Gasteiger partial charge on any atom is 0.253 e. The standard InChI is InChI=1S/C22H26ClN3O2/c1-16-19(23)7-6-8-20(16)25-21(27)15-24-18-11-9-17(10-12-18)22(28)26-13-4-2-3-5-14-26/h6-12,24H,2-5,13-15H2,1H3,(H,25,27). The van der Waals surface area contributed by atoms with E-state index in [-0.39, 0.29) is 18.4 Å². The monoisotopic (exact) mass is 399 g/mol. The molecular weight excluding hydrogens is 374 g/mol. The molecule has 0 bridgehead atoms. The highest BCUT2D eigenvalue weighted by atomic mass is 35.5. The molecule has 1 heterocycles. The Bertz CT molecular complexity index is 828. The summed E-state index contributed by atoms with van der Waals surface area (Å²) in [5.74, 6) is -0.0716. The highest BCUT2D eigenvalue weighted by Crippen LogP contribution is 2.23. The number of hydrogen-bond donors (Lipinski definition) is 2. The highest BCUT2D eigenvalue weighted by molar-refractivity contribution is 6.31. The van der Waals surface area contributed by atoms with E-state index in [4.69, 9.17) is 11.6 Å². The molecule has 148 valence electrons. The average molecular weight is 400 g/mol. The van der Waals surface area contributed by atoms with Crippen molar-refractivity contribution in [2.75, 3.05) is 30.3 Å². The lowest BCUT2D eigenvalue weighted by Crippen LogP contribution is -2.31. The van der Waals surface area contributed by atoms with E-state index in [1.54, 1.807) is 12.1 Å². The van der Waals surface area contributed by atoms with Gasteiger partial charge in [-0.05, 0) is 61.7 Å². The van der Waals surface area contributed by atoms with Crippen molar-refractivity contribution in [2.45, 2.75) is 32.6 Å². The Labute approximate surface area is 171 Å². The molecule has 0 unspecified atom stereocenters. The maximum absolute atomic E-state index is 12.6. The number of amides is 2. The number of likely N-dealkylation sites (tertiary alicyclic amines) is 1. The Morgan fingerprint density at radius 3 is 2.36 bits per heavy atom. The van der Waals surface area contributed by atoms with E-state index in [1.807, 2.05) is 42.2 Å². The van der Waals surface area contributed by atoms with Crippen molar-refractivity contribution in [2.24, 2.45) is 0 Å². The van der Waals surface area contributed by atoms with Crippen molar-refractivity contribution in [3.8, 4) is 0 Å². The zero-order valence-electron chi connectivity index (χ0n) is 16.1. The molecular formula is C22H26ClN3O2. The SMILES string of the molecule is Cc1c(Cl)cccc1NC(=O)CNc1ccc(C(=O)N2CCCCCC2)cc1. The minimum absolute atomic E-state index is 0.0858. The molecule has 5 nitrogen and oxygen atoms in total. The molecule has 0 aliphatic carbocycles. The van der Waals surface area contributed by atoms with Crippen LogP contribution < -0.4 is 10.6 Å². The number of carbonyl (C=O) groups excluding carboxylic acids is 2. The van der Waals surface area contributed by atoms with Gasteiger partial charge in [0.15, 0.2) is 0 Å². The van der Waals surface area contributed by atoms with Gasteiger partial charge in [-0.15, -0.1) is 0 Å². The lowest BCUT2D eigenvalue weighted by atomic mass is 10.1. The van der Waals surface area contributed by atoms with Crippen LogP contribution in [-0.4, -0.2) is 36.3 Å². The van der Waals surface area contributed by atoms with Gasteiger partial charge in [0.25, 0.3) is 5.91 Å². The third-order valence-electron chi connectivity index (χ3n) is 5.02. The fourth-order valence-corrected chi connectivity index (χ4v) is 3.48. The van der Waals surface area contributed by atoms with E-state index >= 15 is 0 Å². The van der Waals surface area contributed by atoms with Crippen molar-refractivity contribution in [3.05, 3.63) is 58.6 Å². The molecule has 2 aromatic rings. The second kappa shape index (κ2) is 9.60. The molecule has 0 radical (unpaired) electrons. The summed E-state index contributed by atoms with van der Waals surface area (Å²) in [6.07, 6.45) is 4.55. The molecule has 2 N–H and O–H groups in total. The van der Waals surface area contributed by atoms with Crippen LogP contribution in [0.2, 0.25) is 5.02 Å². The van der Waals surface area contributed by atoms with Crippen LogP contribution >= 0.6 is 11.6 Å². The number of halogens is 1. The molecule has 1 aliphatic rings. The van der Waals surface area contributed by atoms with Crippen molar-refractivity contribution < 1.29 is 9.59 Å². The van der Waals surface area contributed by atoms with Crippen LogP contribution in [0.15, 0.2) is 42.5 Å². The summed E-state index contributed by atoms with van der Waals surface area (Å²) in [5.41, 5.74) is 3.03. The van der Waals surface area contributed by atoms with Gasteiger partial charge in [-0.1, -0.05) is 30.5 Å². The van der Waals surface area contributed by atoms with Gasteiger partial charge in [0.1, 0.15) is 0 Å². The largest absolute Gasteiger partial charge is 0.376 e. The molecule has 0 spiro atoms. The van der Waals surface area contributed by atoms with Gasteiger partial charge >= 0.3 is 0 Å². The van der Waals surface area contributed by atoms with Crippen LogP contribution in [0.4, 0.5) is 11.4 Å². The maximum atomic E-state index is 12.6. The zero-order valence-corrected chi connectivity index (χ0v) is 16.9. The third kappa shape index (κ3) is 5.26. The van der Waals surface area contributed by atoms with Crippen LogP contribution in [0.5, 0.6) is 0 Å². The molecule has 2 amide bonds. The minimum Gasteiger partial charge on any atom is -0.376 e. The van der Waals surface area contributed by atoms with Crippen molar-refractivity contribution in [1.82, 2.24) is 4.90 Å². The van der Waals surface area contributed by atoms with Crippen molar-refractivity contribution in [3.63, 3.8) is 0 Å². The van der Waals surface area contributed by atoms with Crippen LogP contribution in [0.1, 0.15) is 41.6 Å². The molecule has 28 heavy (non-hydrogen) atoms. The Morgan fingerprint density at radius 2 is 1.68 bits per heavy atom. The molecule has 6 heteroatoms. The van der Waals surface area contributed by atoms with Gasteiger partial charge in [0.2, 0.25) is 5.91 Å². The first-order valence-corrected chi connectivity index (χ1v) is 10.1. The summed E-state index contributed by atoms with van der Waals surface area (Å²) < 4.78 is 0. The molecule has 0 atom stereocenters. The molecule has 1 fully saturated rings. The van der Waals surface area contributed by atoms with E-state index < -0.39 is 0 Å². The number of anilines is 2. The second-order valence-electron chi connectivity index (χ2n) is 7.10. The van der Waals surface area contributed by atoms with E-state index in [0.717, 1.165) is 37.2 Å². The first-order valence-electron chi connectivity index (χ1n) is 9.73. The van der Waals surface area contributed by atoms with Gasteiger partial charge in [-0.25, -0.2) is 0 Å². The quantitative estimate of drug-likeness (QED) is 0.765.